The van der Waals surface area contributed by atoms with E-state index >= 15 is 0 Å². The first-order valence-corrected chi connectivity index (χ1v) is 9.83. The number of benzene rings is 1. The van der Waals surface area contributed by atoms with Crippen LogP contribution in [0.5, 0.6) is 5.75 Å². The normalized spacial score (nSPS) is 21.6. The van der Waals surface area contributed by atoms with Gasteiger partial charge in [-0.15, -0.1) is 0 Å². The van der Waals surface area contributed by atoms with Crippen LogP contribution >= 0.6 is 0 Å². The molecule has 27 heavy (non-hydrogen) atoms. The average Bonchev–Trinajstić information content (AvgIpc) is 2.68. The molecule has 146 valence electrons. The maximum absolute atomic E-state index is 12.6. The van der Waals surface area contributed by atoms with Gasteiger partial charge in [0.1, 0.15) is 11.3 Å². The molecule has 1 atom stereocenters. The highest BCUT2D eigenvalue weighted by Gasteiger charge is 2.20. The number of morpholine rings is 1. The molecule has 4 rings (SSSR count). The molecule has 6 heteroatoms. The minimum Gasteiger partial charge on any atom is -0.493 e. The Balaban J connectivity index is 1.58. The fraction of sp³-hybridized carbons (Fsp3) is 0.571. The quantitative estimate of drug-likeness (QED) is 0.822. The molecule has 0 N–H and O–H groups in total. The van der Waals surface area contributed by atoms with Crippen molar-refractivity contribution in [2.45, 2.75) is 19.8 Å². The van der Waals surface area contributed by atoms with Gasteiger partial charge in [-0.2, -0.15) is 0 Å². The minimum absolute atomic E-state index is 0.0127. The molecule has 0 amide bonds. The van der Waals surface area contributed by atoms with E-state index in [-0.39, 0.29) is 5.43 Å². The molecule has 2 saturated heterocycles. The molecule has 2 aliphatic heterocycles. The van der Waals surface area contributed by atoms with Crippen LogP contribution in [-0.2, 0) is 4.74 Å². The van der Waals surface area contributed by atoms with Crippen LogP contribution in [0.3, 0.4) is 0 Å². The number of rotatable bonds is 4. The van der Waals surface area contributed by atoms with Gasteiger partial charge >= 0.3 is 0 Å². The summed E-state index contributed by atoms with van der Waals surface area (Å²) in [6.07, 6.45) is 2.42. The minimum atomic E-state index is -0.0127. The predicted molar refractivity (Wildman–Crippen MR) is 106 cm³/mol. The maximum atomic E-state index is 12.6. The van der Waals surface area contributed by atoms with Crippen molar-refractivity contribution in [1.82, 2.24) is 4.90 Å². The average molecular weight is 372 g/mol. The summed E-state index contributed by atoms with van der Waals surface area (Å²) in [6.45, 7) is 7.68. The number of hydrogen-bond acceptors (Lipinski definition) is 6. The molecule has 0 bridgehead atoms. The summed E-state index contributed by atoms with van der Waals surface area (Å²) < 4.78 is 17.7. The Morgan fingerprint density at radius 2 is 2.04 bits per heavy atom. The largest absolute Gasteiger partial charge is 0.493 e. The number of anilines is 1. The molecule has 1 aromatic heterocycles. The highest BCUT2D eigenvalue weighted by molar-refractivity contribution is 5.82. The zero-order valence-corrected chi connectivity index (χ0v) is 16.2. The smallest absolute Gasteiger partial charge is 0.200 e. The molecule has 2 fully saturated rings. The zero-order valence-electron chi connectivity index (χ0n) is 16.2. The van der Waals surface area contributed by atoms with E-state index in [4.69, 9.17) is 13.9 Å². The van der Waals surface area contributed by atoms with Crippen LogP contribution in [-0.4, -0.2) is 57.9 Å². The second-order valence-corrected chi connectivity index (χ2v) is 7.70. The Labute approximate surface area is 159 Å². The van der Waals surface area contributed by atoms with Crippen molar-refractivity contribution in [3.05, 3.63) is 34.0 Å². The van der Waals surface area contributed by atoms with Gasteiger partial charge in [0.15, 0.2) is 11.3 Å². The van der Waals surface area contributed by atoms with Gasteiger partial charge in [-0.1, -0.05) is 0 Å². The number of fused-ring (bicyclic) bond motifs is 1. The summed E-state index contributed by atoms with van der Waals surface area (Å²) in [7, 11) is 2.16. The lowest BCUT2D eigenvalue weighted by molar-refractivity contribution is 0.121. The molecular weight excluding hydrogens is 344 g/mol. The second-order valence-electron chi connectivity index (χ2n) is 7.70. The van der Waals surface area contributed by atoms with Gasteiger partial charge in [0.25, 0.3) is 0 Å². The van der Waals surface area contributed by atoms with E-state index in [1.165, 1.54) is 19.4 Å². The fourth-order valence-corrected chi connectivity index (χ4v) is 4.04. The molecule has 2 aromatic rings. The van der Waals surface area contributed by atoms with Crippen LogP contribution in [0.25, 0.3) is 11.0 Å². The predicted octanol–water partition coefficient (Wildman–Crippen LogP) is 2.66. The maximum Gasteiger partial charge on any atom is 0.200 e. The number of likely N-dealkylation sites (tertiary alicyclic amines) is 1. The molecule has 0 saturated carbocycles. The topological polar surface area (TPSA) is 55.2 Å². The Hall–Kier alpha value is -2.05. The van der Waals surface area contributed by atoms with E-state index in [2.05, 4.69) is 16.8 Å². The standard InChI is InChI=1S/C21H28N2O4/c1-15-19(26-14-16-4-3-7-22(2)13-16)6-5-17-18(24)12-20(27-21(15)17)23-8-10-25-11-9-23/h5-6,12,16H,3-4,7-11,13-14H2,1-2H3. The van der Waals surface area contributed by atoms with Crippen LogP contribution < -0.4 is 15.1 Å². The van der Waals surface area contributed by atoms with Crippen molar-refractivity contribution in [3.63, 3.8) is 0 Å². The van der Waals surface area contributed by atoms with Gasteiger partial charge in [-0.25, -0.2) is 0 Å². The lowest BCUT2D eigenvalue weighted by atomic mass is 9.99. The third-order valence-corrected chi connectivity index (χ3v) is 5.60. The van der Waals surface area contributed by atoms with Gasteiger partial charge in [0.2, 0.25) is 0 Å². The first kappa shape index (κ1) is 18.3. The van der Waals surface area contributed by atoms with Gasteiger partial charge in [0, 0.05) is 37.2 Å². The number of piperidine rings is 1. The van der Waals surface area contributed by atoms with Gasteiger partial charge < -0.3 is 23.7 Å². The summed E-state index contributed by atoms with van der Waals surface area (Å²) >= 11 is 0. The highest BCUT2D eigenvalue weighted by Crippen LogP contribution is 2.29. The fourth-order valence-electron chi connectivity index (χ4n) is 4.04. The number of nitrogens with zero attached hydrogens (tertiary/aromatic N) is 2. The molecule has 2 aliphatic rings. The van der Waals surface area contributed by atoms with Crippen LogP contribution in [0, 0.1) is 12.8 Å². The number of aryl methyl sites for hydroxylation is 1. The van der Waals surface area contributed by atoms with Crippen molar-refractivity contribution in [3.8, 4) is 5.75 Å². The summed E-state index contributed by atoms with van der Waals surface area (Å²) in [5, 5.41) is 0.606. The first-order valence-electron chi connectivity index (χ1n) is 9.83. The van der Waals surface area contributed by atoms with E-state index in [1.54, 1.807) is 6.07 Å². The van der Waals surface area contributed by atoms with Crippen LogP contribution in [0.1, 0.15) is 18.4 Å². The summed E-state index contributed by atoms with van der Waals surface area (Å²) in [6, 6.07) is 5.31. The summed E-state index contributed by atoms with van der Waals surface area (Å²) in [5.74, 6) is 1.97. The number of hydrogen-bond donors (Lipinski definition) is 0. The Morgan fingerprint density at radius 1 is 1.22 bits per heavy atom. The summed E-state index contributed by atoms with van der Waals surface area (Å²) in [5.41, 5.74) is 1.51. The molecule has 0 radical (unpaired) electrons. The molecule has 0 aliphatic carbocycles. The molecule has 1 unspecified atom stereocenters. The Morgan fingerprint density at radius 3 is 2.81 bits per heavy atom. The molecule has 3 heterocycles. The Kier molecular flexibility index (Phi) is 5.36. The van der Waals surface area contributed by atoms with E-state index < -0.39 is 0 Å². The zero-order chi connectivity index (χ0) is 18.8. The number of ether oxygens (including phenoxy) is 2. The monoisotopic (exact) mass is 372 g/mol. The molecular formula is C21H28N2O4. The van der Waals surface area contributed by atoms with Crippen LogP contribution in [0.2, 0.25) is 0 Å². The lowest BCUT2D eigenvalue weighted by Gasteiger charge is -2.29. The van der Waals surface area contributed by atoms with Crippen molar-refractivity contribution in [2.24, 2.45) is 5.92 Å². The van der Waals surface area contributed by atoms with Crippen LogP contribution in [0.15, 0.2) is 27.4 Å². The SMILES string of the molecule is Cc1c(OCC2CCCN(C)C2)ccc2c(=O)cc(N3CCOCC3)oc12. The van der Waals surface area contributed by atoms with Gasteiger partial charge in [-0.05, 0) is 45.5 Å². The Bertz CT molecular complexity index is 857. The van der Waals surface area contributed by atoms with E-state index in [0.29, 0.717) is 42.6 Å². The van der Waals surface area contributed by atoms with E-state index in [0.717, 1.165) is 30.9 Å². The summed E-state index contributed by atoms with van der Waals surface area (Å²) in [4.78, 5) is 17.0. The van der Waals surface area contributed by atoms with E-state index in [9.17, 15) is 4.79 Å². The van der Waals surface area contributed by atoms with Gasteiger partial charge in [-0.3, -0.25) is 4.79 Å². The third-order valence-electron chi connectivity index (χ3n) is 5.60. The van der Waals surface area contributed by atoms with Crippen molar-refractivity contribution >= 4 is 16.9 Å². The van der Waals surface area contributed by atoms with Crippen molar-refractivity contribution in [2.75, 3.05) is 57.9 Å². The molecule has 6 nitrogen and oxygen atoms in total. The molecule has 1 aromatic carbocycles. The van der Waals surface area contributed by atoms with Crippen molar-refractivity contribution in [1.29, 1.82) is 0 Å². The van der Waals surface area contributed by atoms with Crippen LogP contribution in [0.4, 0.5) is 5.88 Å². The highest BCUT2D eigenvalue weighted by atomic mass is 16.5. The first-order chi connectivity index (χ1) is 13.1. The van der Waals surface area contributed by atoms with Gasteiger partial charge in [0.05, 0.1) is 25.2 Å². The third kappa shape index (κ3) is 3.96. The lowest BCUT2D eigenvalue weighted by Crippen LogP contribution is -2.36. The molecule has 0 spiro atoms. The van der Waals surface area contributed by atoms with Crippen molar-refractivity contribution < 1.29 is 13.9 Å². The second kappa shape index (κ2) is 7.90. The van der Waals surface area contributed by atoms with E-state index in [1.807, 2.05) is 19.1 Å².